The smallest absolute Gasteiger partial charge is 0.447 e. The van der Waals surface area contributed by atoms with E-state index in [-0.39, 0.29) is 105 Å². The van der Waals surface area contributed by atoms with Crippen LogP contribution in [0.15, 0.2) is 40.3 Å². The monoisotopic (exact) mass is 1140 g/mol. The van der Waals surface area contributed by atoms with Crippen LogP contribution in [0.25, 0.3) is 0 Å². The largest absolute Gasteiger partial charge is 2.00 e. The zero-order valence-electron chi connectivity index (χ0n) is 12.8. The summed E-state index contributed by atoms with van der Waals surface area (Å²) in [5.74, 6) is 0. The van der Waals surface area contributed by atoms with Crippen molar-refractivity contribution < 1.29 is 105 Å². The quantitative estimate of drug-likeness (QED) is 0.353. The first kappa shape index (κ1) is 43.5. The average Bonchev–Trinajstić information content (AvgIpc) is 2.48. The topological polar surface area (TPSA) is 24.7 Å². The second-order valence-electron chi connectivity index (χ2n) is 2.14. The Morgan fingerprint density at radius 1 is 0.810 bits per heavy atom. The van der Waals surface area contributed by atoms with Crippen molar-refractivity contribution in [3.63, 3.8) is 0 Å². The predicted octanol–water partition coefficient (Wildman–Crippen LogP) is 3.89. The van der Waals surface area contributed by atoms with E-state index < -0.39 is 0 Å². The molecular weight excluding hydrogens is 1120 g/mol. The average molecular weight is 1140 g/mol. The number of benzene rings is 1. The summed E-state index contributed by atoms with van der Waals surface area (Å²) in [6.45, 7) is 8.86. The summed E-state index contributed by atoms with van der Waals surface area (Å²) in [4.78, 5) is 7.46. The first-order valence-corrected chi connectivity index (χ1v) is 5.82. The normalized spacial score (nSPS) is 8.19. The Balaban J connectivity index is -0.0000000253. The number of rotatable bonds is 0. The van der Waals surface area contributed by atoms with E-state index in [1.54, 1.807) is 0 Å². The van der Waals surface area contributed by atoms with Crippen LogP contribution in [0.1, 0.15) is 34.1 Å². The van der Waals surface area contributed by atoms with E-state index in [1.807, 2.05) is 58.0 Å². The number of nitrogens with zero attached hydrogens (tertiary/aromatic N) is 2. The molecule has 2 rings (SSSR count). The molecule has 0 amide bonds. The summed E-state index contributed by atoms with van der Waals surface area (Å²) in [5, 5.41) is 0. The Morgan fingerprint density at radius 3 is 1.38 bits per heavy atom. The maximum Gasteiger partial charge on any atom is 2.00 e. The molecule has 0 saturated carbocycles. The third kappa shape index (κ3) is 44.9. The number of hydrogen-bond acceptors (Lipinski definition) is 2. The van der Waals surface area contributed by atoms with E-state index in [0.29, 0.717) is 0 Å². The van der Waals surface area contributed by atoms with Gasteiger partial charge in [-0.1, -0.05) is 34.1 Å². The fraction of sp³-hybridized carbons (Fsp3) is 0.429. The van der Waals surface area contributed by atoms with E-state index in [4.69, 9.17) is 0 Å². The van der Waals surface area contributed by atoms with E-state index in [2.05, 4.69) is 22.3 Å². The van der Waals surface area contributed by atoms with E-state index in [1.165, 1.54) is 6.34 Å². The first-order valence-electron chi connectivity index (χ1n) is 5.82. The molecule has 118 valence electrons. The molecule has 0 aromatic heterocycles. The minimum Gasteiger partial charge on any atom is -0.447 e. The van der Waals surface area contributed by atoms with Crippen LogP contribution < -0.4 is 0 Å². The molecule has 0 saturated heterocycles. The molecule has 0 spiro atoms. The van der Waals surface area contributed by atoms with Gasteiger partial charge in [-0.3, -0.25) is 0 Å². The molecule has 0 N–H and O–H groups in total. The minimum atomic E-state index is 0. The summed E-state index contributed by atoms with van der Waals surface area (Å²) >= 11 is 0. The summed E-state index contributed by atoms with van der Waals surface area (Å²) < 4.78 is 0. The van der Waals surface area contributed by atoms with Crippen molar-refractivity contribution in [2.75, 3.05) is 6.54 Å². The second kappa shape index (κ2) is 49.5. The molecule has 0 aliphatic carbocycles. The number of aliphatic imine (C=N–C) groups is 2. The van der Waals surface area contributed by atoms with Crippen molar-refractivity contribution in [3.8, 4) is 0 Å². The maximum atomic E-state index is 3.82. The molecule has 0 radical (unpaired) electrons. The molecule has 1 aromatic carbocycles. The Labute approximate surface area is 202 Å². The summed E-state index contributed by atoms with van der Waals surface area (Å²) in [6, 6.07) is 12.5. The van der Waals surface area contributed by atoms with Crippen LogP contribution in [-0.2, 0) is 105 Å². The van der Waals surface area contributed by atoms with Crippen LogP contribution in [0.3, 0.4) is 0 Å². The van der Waals surface area contributed by atoms with Gasteiger partial charge in [0.05, 0.1) is 0 Å². The molecule has 21 heavy (non-hydrogen) atoms. The molecule has 0 bridgehead atoms. The third-order valence-corrected chi connectivity index (χ3v) is 1.19. The van der Waals surface area contributed by atoms with E-state index in [9.17, 15) is 0 Å². The summed E-state index contributed by atoms with van der Waals surface area (Å²) in [6.07, 6.45) is 5.18. The van der Waals surface area contributed by atoms with Gasteiger partial charge in [-0.25, -0.2) is 0 Å². The Bertz CT molecular complexity index is 218. The molecule has 2 nitrogen and oxygen atoms in total. The van der Waals surface area contributed by atoms with Crippen LogP contribution in [0.4, 0.5) is 0 Å². The summed E-state index contributed by atoms with van der Waals surface area (Å²) in [5.41, 5.74) is 0. The van der Waals surface area contributed by atoms with Crippen LogP contribution in [0.2, 0.25) is 0 Å². The van der Waals surface area contributed by atoms with Gasteiger partial charge in [0.15, 0.2) is 0 Å². The van der Waals surface area contributed by atoms with Gasteiger partial charge in [-0.05, 0) is 6.34 Å². The van der Waals surface area contributed by atoms with Crippen molar-refractivity contribution in [2.24, 2.45) is 9.98 Å². The van der Waals surface area contributed by atoms with Gasteiger partial charge in [0.2, 0.25) is 0 Å². The standard InChI is InChI=1S/C6H5.C4H5N2.2C2H6.5W/c1-2-4-6-5-3-1;1-2-5-4-6-3-1;2*1-2;;;;;/h1-5H;4H,1-2H2;2*1-2H3;;;;;/q2*-1;;;;;;;+2. The van der Waals surface area contributed by atoms with Gasteiger partial charge >= 0.3 is 21.1 Å². The van der Waals surface area contributed by atoms with Crippen molar-refractivity contribution >= 4 is 12.6 Å². The number of hydrogen-bond donors (Lipinski definition) is 0. The van der Waals surface area contributed by atoms with Crippen LogP contribution in [-0.4, -0.2) is 19.1 Å². The van der Waals surface area contributed by atoms with E-state index in [0.717, 1.165) is 13.0 Å². The van der Waals surface area contributed by atoms with Gasteiger partial charge in [-0.15, -0.1) is 0 Å². The van der Waals surface area contributed by atoms with Crippen molar-refractivity contribution in [3.05, 3.63) is 36.4 Å². The Hall–Kier alpha value is 2.00. The molecule has 1 aliphatic rings. The molecule has 0 unspecified atom stereocenters. The van der Waals surface area contributed by atoms with Crippen LogP contribution in [0.5, 0.6) is 0 Å². The second-order valence-corrected chi connectivity index (χ2v) is 2.14. The predicted molar refractivity (Wildman–Crippen MR) is 73.4 cm³/mol. The van der Waals surface area contributed by atoms with Crippen molar-refractivity contribution in [1.29, 1.82) is 0 Å². The zero-order chi connectivity index (χ0) is 12.5. The minimum absolute atomic E-state index is 0. The molecule has 1 heterocycles. The van der Waals surface area contributed by atoms with Gasteiger partial charge < -0.3 is 9.98 Å². The molecule has 0 atom stereocenters. The fourth-order valence-electron chi connectivity index (χ4n) is 0.660. The van der Waals surface area contributed by atoms with Gasteiger partial charge in [0.1, 0.15) is 0 Å². The zero-order valence-corrected chi connectivity index (χ0v) is 27.5. The third-order valence-electron chi connectivity index (χ3n) is 1.19. The fourth-order valence-corrected chi connectivity index (χ4v) is 0.660. The Kier molecular flexibility index (Phi) is 103. The molecule has 0 fully saturated rings. The van der Waals surface area contributed by atoms with Crippen molar-refractivity contribution in [2.45, 2.75) is 34.1 Å². The van der Waals surface area contributed by atoms with Gasteiger partial charge in [0, 0.05) is 90.8 Å². The summed E-state index contributed by atoms with van der Waals surface area (Å²) in [7, 11) is 0. The van der Waals surface area contributed by atoms with Gasteiger partial charge in [-0.2, -0.15) is 42.6 Å². The molecule has 7 heteroatoms. The van der Waals surface area contributed by atoms with Crippen LogP contribution >= 0.6 is 0 Å². The SMILES string of the molecule is CC.CC.[C-]1=NC=NCC1.[W+2].[W].[W].[W].[W].[c-]1ccccc1. The van der Waals surface area contributed by atoms with Crippen molar-refractivity contribution in [1.82, 2.24) is 0 Å². The molecular formula is C14H22N2W5. The van der Waals surface area contributed by atoms with Crippen LogP contribution in [0, 0.1) is 6.07 Å². The Morgan fingerprint density at radius 2 is 1.29 bits per heavy atom. The van der Waals surface area contributed by atoms with Gasteiger partial charge in [0.25, 0.3) is 0 Å². The molecule has 1 aromatic rings. The maximum absolute atomic E-state index is 3.82. The first-order chi connectivity index (χ1) is 8.00. The van der Waals surface area contributed by atoms with E-state index >= 15 is 0 Å². The molecule has 1 aliphatic heterocycles.